The third kappa shape index (κ3) is 3.94. The number of benzene rings is 1. The lowest BCUT2D eigenvalue weighted by molar-refractivity contribution is -0.385. The van der Waals surface area contributed by atoms with Gasteiger partial charge in [-0.05, 0) is 32.4 Å². The maximum Gasteiger partial charge on any atom is 0.342 e. The zero-order valence-electron chi connectivity index (χ0n) is 11.3. The molecule has 0 unspecified atom stereocenters. The maximum absolute atomic E-state index is 11.0. The topological polar surface area (TPSA) is 92.5 Å². The lowest BCUT2D eigenvalue weighted by atomic mass is 9.98. The van der Waals surface area contributed by atoms with Crippen molar-refractivity contribution >= 4 is 17.3 Å². The fourth-order valence-corrected chi connectivity index (χ4v) is 2.02. The standard InChI is InChI=1S/C13H18N2O4/c1-4-7-13(2,3)14-9-5-6-11(15(18)19)10(8-9)12(16)17/h5-6,8,14H,4,7H2,1-3H3,(H,16,17). The summed E-state index contributed by atoms with van der Waals surface area (Å²) in [6, 6.07) is 4.05. The molecule has 104 valence electrons. The normalized spacial score (nSPS) is 11.1. The van der Waals surface area contributed by atoms with E-state index in [2.05, 4.69) is 12.2 Å². The average Bonchev–Trinajstić information content (AvgIpc) is 2.27. The van der Waals surface area contributed by atoms with Gasteiger partial charge in [-0.25, -0.2) is 4.79 Å². The van der Waals surface area contributed by atoms with Crippen LogP contribution in [0.2, 0.25) is 0 Å². The van der Waals surface area contributed by atoms with Crippen molar-refractivity contribution in [3.63, 3.8) is 0 Å². The van der Waals surface area contributed by atoms with E-state index in [0.29, 0.717) is 5.69 Å². The molecule has 0 aliphatic heterocycles. The summed E-state index contributed by atoms with van der Waals surface area (Å²) in [7, 11) is 0. The summed E-state index contributed by atoms with van der Waals surface area (Å²) < 4.78 is 0. The molecule has 1 aromatic carbocycles. The predicted molar refractivity (Wildman–Crippen MR) is 72.7 cm³/mol. The molecule has 6 heteroatoms. The predicted octanol–water partition coefficient (Wildman–Crippen LogP) is 3.28. The van der Waals surface area contributed by atoms with Crippen LogP contribution in [0, 0.1) is 10.1 Å². The van der Waals surface area contributed by atoms with E-state index in [0.717, 1.165) is 12.8 Å². The van der Waals surface area contributed by atoms with Gasteiger partial charge in [0.1, 0.15) is 5.56 Å². The number of nitrogens with one attached hydrogen (secondary N) is 1. The number of rotatable bonds is 6. The maximum atomic E-state index is 11.0. The van der Waals surface area contributed by atoms with Gasteiger partial charge in [0.05, 0.1) is 4.92 Å². The number of nitro benzene ring substituents is 1. The van der Waals surface area contributed by atoms with Crippen molar-refractivity contribution in [3.05, 3.63) is 33.9 Å². The van der Waals surface area contributed by atoms with E-state index in [1.807, 2.05) is 13.8 Å². The Morgan fingerprint density at radius 1 is 1.47 bits per heavy atom. The highest BCUT2D eigenvalue weighted by atomic mass is 16.6. The summed E-state index contributed by atoms with van der Waals surface area (Å²) in [6.45, 7) is 6.05. The van der Waals surface area contributed by atoms with E-state index >= 15 is 0 Å². The van der Waals surface area contributed by atoms with Crippen LogP contribution in [0.4, 0.5) is 11.4 Å². The van der Waals surface area contributed by atoms with Gasteiger partial charge in [0.2, 0.25) is 0 Å². The molecule has 1 rings (SSSR count). The highest BCUT2D eigenvalue weighted by Gasteiger charge is 2.22. The second-order valence-corrected chi connectivity index (χ2v) is 5.05. The Morgan fingerprint density at radius 2 is 2.11 bits per heavy atom. The molecule has 0 radical (unpaired) electrons. The zero-order chi connectivity index (χ0) is 14.6. The largest absolute Gasteiger partial charge is 0.477 e. The monoisotopic (exact) mass is 266 g/mol. The molecule has 0 heterocycles. The van der Waals surface area contributed by atoms with Crippen LogP contribution in [-0.2, 0) is 0 Å². The Labute approximate surface area is 111 Å². The number of carboxylic acid groups (broad SMARTS) is 1. The molecule has 0 aliphatic carbocycles. The number of anilines is 1. The highest BCUT2D eigenvalue weighted by Crippen LogP contribution is 2.26. The van der Waals surface area contributed by atoms with Gasteiger partial charge in [-0.2, -0.15) is 0 Å². The van der Waals surface area contributed by atoms with Gasteiger partial charge < -0.3 is 10.4 Å². The zero-order valence-corrected chi connectivity index (χ0v) is 11.3. The lowest BCUT2D eigenvalue weighted by Gasteiger charge is -2.27. The van der Waals surface area contributed by atoms with E-state index in [-0.39, 0.29) is 11.1 Å². The number of aromatic carboxylic acids is 1. The Kier molecular flexibility index (Phi) is 4.47. The molecule has 6 nitrogen and oxygen atoms in total. The van der Waals surface area contributed by atoms with Crippen LogP contribution < -0.4 is 5.32 Å². The van der Waals surface area contributed by atoms with Crippen molar-refractivity contribution in [3.8, 4) is 0 Å². The molecule has 19 heavy (non-hydrogen) atoms. The summed E-state index contributed by atoms with van der Waals surface area (Å²) in [5.41, 5.74) is -0.323. The third-order valence-electron chi connectivity index (χ3n) is 2.78. The van der Waals surface area contributed by atoms with Gasteiger partial charge >= 0.3 is 5.97 Å². The lowest BCUT2D eigenvalue weighted by Crippen LogP contribution is -2.30. The van der Waals surface area contributed by atoms with Crippen molar-refractivity contribution in [1.82, 2.24) is 0 Å². The van der Waals surface area contributed by atoms with Gasteiger partial charge in [0.15, 0.2) is 0 Å². The van der Waals surface area contributed by atoms with E-state index in [1.54, 1.807) is 0 Å². The molecule has 0 bridgehead atoms. The van der Waals surface area contributed by atoms with E-state index < -0.39 is 16.6 Å². The van der Waals surface area contributed by atoms with Crippen molar-refractivity contribution in [1.29, 1.82) is 0 Å². The first-order valence-electron chi connectivity index (χ1n) is 6.07. The minimum atomic E-state index is -1.30. The Hall–Kier alpha value is -2.11. The summed E-state index contributed by atoms with van der Waals surface area (Å²) in [5, 5.41) is 23.0. The van der Waals surface area contributed by atoms with E-state index in [1.165, 1.54) is 18.2 Å². The molecule has 0 spiro atoms. The minimum Gasteiger partial charge on any atom is -0.477 e. The van der Waals surface area contributed by atoms with Crippen LogP contribution >= 0.6 is 0 Å². The molecular weight excluding hydrogens is 248 g/mol. The van der Waals surface area contributed by atoms with Crippen molar-refractivity contribution < 1.29 is 14.8 Å². The molecule has 0 aromatic heterocycles. The minimum absolute atomic E-state index is 0.194. The van der Waals surface area contributed by atoms with Crippen LogP contribution in [-0.4, -0.2) is 21.5 Å². The smallest absolute Gasteiger partial charge is 0.342 e. The molecule has 0 saturated heterocycles. The Balaban J connectivity index is 3.09. The second kappa shape index (κ2) is 5.69. The number of hydrogen-bond acceptors (Lipinski definition) is 4. The van der Waals surface area contributed by atoms with Crippen LogP contribution in [0.15, 0.2) is 18.2 Å². The molecule has 1 aromatic rings. The molecule has 0 amide bonds. The van der Waals surface area contributed by atoms with E-state index in [4.69, 9.17) is 5.11 Å². The number of carbonyl (C=O) groups is 1. The molecule has 0 aliphatic rings. The Bertz CT molecular complexity index is 497. The van der Waals surface area contributed by atoms with Crippen molar-refractivity contribution in [2.45, 2.75) is 39.2 Å². The first kappa shape index (κ1) is 14.9. The van der Waals surface area contributed by atoms with Crippen molar-refractivity contribution in [2.75, 3.05) is 5.32 Å². The summed E-state index contributed by atoms with van der Waals surface area (Å²) >= 11 is 0. The van der Waals surface area contributed by atoms with Gasteiger partial charge in [-0.1, -0.05) is 13.3 Å². The van der Waals surface area contributed by atoms with Gasteiger partial charge in [0, 0.05) is 17.3 Å². The number of nitrogens with zero attached hydrogens (tertiary/aromatic N) is 1. The fraction of sp³-hybridized carbons (Fsp3) is 0.462. The van der Waals surface area contributed by atoms with Crippen LogP contribution in [0.25, 0.3) is 0 Å². The molecule has 0 atom stereocenters. The molecular formula is C13H18N2O4. The average molecular weight is 266 g/mol. The first-order chi connectivity index (χ1) is 8.76. The molecule has 2 N–H and O–H groups in total. The second-order valence-electron chi connectivity index (χ2n) is 5.05. The summed E-state index contributed by atoms with van der Waals surface area (Å²) in [5.74, 6) is -1.30. The van der Waals surface area contributed by atoms with Gasteiger partial charge in [-0.3, -0.25) is 10.1 Å². The fourth-order valence-electron chi connectivity index (χ4n) is 2.02. The van der Waals surface area contributed by atoms with Gasteiger partial charge in [-0.15, -0.1) is 0 Å². The summed E-state index contributed by atoms with van der Waals surface area (Å²) in [6.07, 6.45) is 1.89. The first-order valence-corrected chi connectivity index (χ1v) is 6.07. The highest BCUT2D eigenvalue weighted by molar-refractivity contribution is 5.93. The summed E-state index contributed by atoms with van der Waals surface area (Å²) in [4.78, 5) is 21.1. The number of nitro groups is 1. The third-order valence-corrected chi connectivity index (χ3v) is 2.78. The van der Waals surface area contributed by atoms with Crippen molar-refractivity contribution in [2.24, 2.45) is 0 Å². The quantitative estimate of drug-likeness (QED) is 0.608. The SMILES string of the molecule is CCCC(C)(C)Nc1ccc([N+](=O)[O-])c(C(=O)O)c1. The number of carboxylic acids is 1. The molecule has 0 saturated carbocycles. The van der Waals surface area contributed by atoms with Gasteiger partial charge in [0.25, 0.3) is 5.69 Å². The Morgan fingerprint density at radius 3 is 2.58 bits per heavy atom. The van der Waals surface area contributed by atoms with E-state index in [9.17, 15) is 14.9 Å². The number of hydrogen-bond donors (Lipinski definition) is 2. The van der Waals surface area contributed by atoms with Crippen LogP contribution in [0.5, 0.6) is 0 Å². The van der Waals surface area contributed by atoms with Crippen LogP contribution in [0.3, 0.4) is 0 Å². The molecule has 0 fully saturated rings. The van der Waals surface area contributed by atoms with Crippen LogP contribution in [0.1, 0.15) is 44.0 Å².